The van der Waals surface area contributed by atoms with E-state index in [4.69, 9.17) is 22.1 Å². The summed E-state index contributed by atoms with van der Waals surface area (Å²) in [7, 11) is -2.39. The van der Waals surface area contributed by atoms with Gasteiger partial charge in [0, 0.05) is 21.6 Å². The molecule has 0 radical (unpaired) electrons. The topological polar surface area (TPSA) is 74.3 Å². The number of halogens is 2. The molecule has 0 saturated heterocycles. The van der Waals surface area contributed by atoms with E-state index < -0.39 is 10.0 Å². The monoisotopic (exact) mass is 516 g/mol. The van der Waals surface area contributed by atoms with Crippen molar-refractivity contribution in [3.05, 3.63) is 87.5 Å². The van der Waals surface area contributed by atoms with Crippen LogP contribution in [0.2, 0.25) is 5.02 Å². The summed E-state index contributed by atoms with van der Waals surface area (Å²) in [4.78, 5) is 0.180. The molecule has 0 bridgehead atoms. The Hall–Kier alpha value is -2.74. The normalized spacial score (nSPS) is 12.0. The lowest BCUT2D eigenvalue weighted by atomic mass is 10.1. The van der Waals surface area contributed by atoms with Gasteiger partial charge in [-0.3, -0.25) is 0 Å². The van der Waals surface area contributed by atoms with Gasteiger partial charge in [-0.2, -0.15) is 0 Å². The Kier molecular flexibility index (Phi) is 5.83. The van der Waals surface area contributed by atoms with Gasteiger partial charge < -0.3 is 10.5 Å². The summed E-state index contributed by atoms with van der Waals surface area (Å²) in [5.74, 6) is 0.393. The maximum absolute atomic E-state index is 13.6. The Morgan fingerprint density at radius 1 is 1.03 bits per heavy atom. The van der Waals surface area contributed by atoms with Crippen molar-refractivity contribution < 1.29 is 13.2 Å². The van der Waals surface area contributed by atoms with E-state index in [1.165, 1.54) is 11.1 Å². The Bertz CT molecular complexity index is 1410. The summed E-state index contributed by atoms with van der Waals surface area (Å²) in [5, 5.41) is 1.07. The third kappa shape index (κ3) is 4.08. The molecule has 5 nitrogen and oxygen atoms in total. The maximum atomic E-state index is 13.6. The van der Waals surface area contributed by atoms with Crippen LogP contribution in [0.1, 0.15) is 11.3 Å². The van der Waals surface area contributed by atoms with Gasteiger partial charge in [0.15, 0.2) is 0 Å². The maximum Gasteiger partial charge on any atom is 0.268 e. The lowest BCUT2D eigenvalue weighted by Gasteiger charge is -2.11. The number of rotatable bonds is 5. The Labute approximate surface area is 193 Å². The van der Waals surface area contributed by atoms with Gasteiger partial charge in [0.1, 0.15) is 5.75 Å². The molecule has 1 aromatic heterocycles. The van der Waals surface area contributed by atoms with Gasteiger partial charge in [0.2, 0.25) is 0 Å². The van der Waals surface area contributed by atoms with Crippen molar-refractivity contribution in [1.82, 2.24) is 3.97 Å². The minimum Gasteiger partial charge on any atom is -0.495 e. The zero-order valence-electron chi connectivity index (χ0n) is 16.4. The van der Waals surface area contributed by atoms with Crippen LogP contribution in [0.25, 0.3) is 23.1 Å². The standard InChI is InChI=1S/C23H18BrClN2O3S/c1-30-23-14-22-16(12-20(23)25)11-18(10-8-15-7-9-17(24)13-21(15)26)27(22)31(28,29)19-5-3-2-4-6-19/h2-14H,26H2,1H3/b10-8+. The quantitative estimate of drug-likeness (QED) is 0.327. The second kappa shape index (κ2) is 8.42. The van der Waals surface area contributed by atoms with Crippen molar-refractivity contribution >= 4 is 66.3 Å². The van der Waals surface area contributed by atoms with Crippen molar-refractivity contribution in [3.8, 4) is 5.75 Å². The van der Waals surface area contributed by atoms with Gasteiger partial charge in [0.25, 0.3) is 10.0 Å². The molecule has 0 amide bonds. The molecule has 0 unspecified atom stereocenters. The van der Waals surface area contributed by atoms with Gasteiger partial charge in [-0.1, -0.05) is 57.9 Å². The van der Waals surface area contributed by atoms with E-state index in [0.29, 0.717) is 33.1 Å². The molecule has 31 heavy (non-hydrogen) atoms. The molecule has 2 N–H and O–H groups in total. The summed E-state index contributed by atoms with van der Waals surface area (Å²) in [6, 6.07) is 18.9. The fourth-order valence-electron chi connectivity index (χ4n) is 3.32. The van der Waals surface area contributed by atoms with Crippen LogP contribution in [0, 0.1) is 0 Å². The first-order valence-electron chi connectivity index (χ1n) is 9.24. The number of nitrogens with zero attached hydrogens (tertiary/aromatic N) is 1. The largest absolute Gasteiger partial charge is 0.495 e. The fraction of sp³-hybridized carbons (Fsp3) is 0.0435. The smallest absolute Gasteiger partial charge is 0.268 e. The number of nitrogens with two attached hydrogens (primary N) is 1. The van der Waals surface area contributed by atoms with Gasteiger partial charge in [-0.15, -0.1) is 0 Å². The van der Waals surface area contributed by atoms with E-state index in [2.05, 4.69) is 15.9 Å². The first-order chi connectivity index (χ1) is 14.8. The number of ether oxygens (including phenoxy) is 1. The molecule has 158 valence electrons. The average molecular weight is 518 g/mol. The second-order valence-electron chi connectivity index (χ2n) is 6.80. The second-order valence-corrected chi connectivity index (χ2v) is 9.91. The number of fused-ring (bicyclic) bond motifs is 1. The van der Waals surface area contributed by atoms with Gasteiger partial charge >= 0.3 is 0 Å². The summed E-state index contributed by atoms with van der Waals surface area (Å²) in [6.45, 7) is 0. The molecule has 4 aromatic rings. The molecule has 1 heterocycles. The van der Waals surface area contributed by atoms with Gasteiger partial charge in [-0.05, 0) is 48.0 Å². The molecule has 0 aliphatic rings. The summed E-state index contributed by atoms with van der Waals surface area (Å²) in [6.07, 6.45) is 3.51. The highest BCUT2D eigenvalue weighted by atomic mass is 79.9. The van der Waals surface area contributed by atoms with Crippen LogP contribution in [0.3, 0.4) is 0 Å². The Balaban J connectivity index is 1.96. The predicted molar refractivity (Wildman–Crippen MR) is 130 cm³/mol. The van der Waals surface area contributed by atoms with Crippen molar-refractivity contribution in [2.45, 2.75) is 4.90 Å². The zero-order valence-corrected chi connectivity index (χ0v) is 19.6. The third-order valence-electron chi connectivity index (χ3n) is 4.82. The minimum absolute atomic E-state index is 0.180. The average Bonchev–Trinajstić information content (AvgIpc) is 3.10. The molecule has 3 aromatic carbocycles. The van der Waals surface area contributed by atoms with E-state index in [9.17, 15) is 8.42 Å². The van der Waals surface area contributed by atoms with Crippen LogP contribution in [0.15, 0.2) is 76.1 Å². The molecular formula is C23H18BrClN2O3S. The molecule has 8 heteroatoms. The molecular weight excluding hydrogens is 500 g/mol. The highest BCUT2D eigenvalue weighted by Crippen LogP contribution is 2.34. The number of benzene rings is 3. The van der Waals surface area contributed by atoms with E-state index in [-0.39, 0.29) is 4.90 Å². The van der Waals surface area contributed by atoms with Crippen molar-refractivity contribution in [2.24, 2.45) is 0 Å². The van der Waals surface area contributed by atoms with E-state index in [0.717, 1.165) is 10.0 Å². The van der Waals surface area contributed by atoms with Crippen LogP contribution in [-0.4, -0.2) is 19.5 Å². The van der Waals surface area contributed by atoms with Gasteiger partial charge in [0.05, 0.1) is 28.2 Å². The zero-order chi connectivity index (χ0) is 22.2. The first-order valence-corrected chi connectivity index (χ1v) is 11.8. The number of aromatic nitrogens is 1. The number of nitrogen functional groups attached to an aromatic ring is 1. The van der Waals surface area contributed by atoms with Crippen molar-refractivity contribution in [2.75, 3.05) is 12.8 Å². The van der Waals surface area contributed by atoms with E-state index in [1.807, 2.05) is 12.1 Å². The number of hydrogen-bond donors (Lipinski definition) is 1. The molecule has 0 saturated carbocycles. The van der Waals surface area contributed by atoms with Crippen LogP contribution in [0.5, 0.6) is 5.75 Å². The molecule has 0 aliphatic carbocycles. The van der Waals surface area contributed by atoms with E-state index >= 15 is 0 Å². The fourth-order valence-corrected chi connectivity index (χ4v) is 5.47. The molecule has 4 rings (SSSR count). The van der Waals surface area contributed by atoms with E-state index in [1.54, 1.807) is 66.7 Å². The van der Waals surface area contributed by atoms with Gasteiger partial charge in [-0.25, -0.2) is 12.4 Å². The van der Waals surface area contributed by atoms with Crippen molar-refractivity contribution in [3.63, 3.8) is 0 Å². The Morgan fingerprint density at radius 2 is 1.77 bits per heavy atom. The number of hydrogen-bond acceptors (Lipinski definition) is 4. The third-order valence-corrected chi connectivity index (χ3v) is 7.37. The van der Waals surface area contributed by atoms with Crippen molar-refractivity contribution in [1.29, 1.82) is 0 Å². The summed E-state index contributed by atoms with van der Waals surface area (Å²) < 4.78 is 34.6. The highest BCUT2D eigenvalue weighted by Gasteiger charge is 2.23. The number of anilines is 1. The minimum atomic E-state index is -3.88. The Morgan fingerprint density at radius 3 is 2.45 bits per heavy atom. The van der Waals surface area contributed by atoms with Crippen LogP contribution in [0.4, 0.5) is 5.69 Å². The molecule has 0 fully saturated rings. The van der Waals surface area contributed by atoms with Crippen LogP contribution in [-0.2, 0) is 10.0 Å². The van der Waals surface area contributed by atoms with Crippen LogP contribution < -0.4 is 10.5 Å². The SMILES string of the molecule is COc1cc2c(cc1Cl)cc(/C=C/c1ccc(Br)cc1N)n2S(=O)(=O)c1ccccc1. The lowest BCUT2D eigenvalue weighted by Crippen LogP contribution is -2.14. The summed E-state index contributed by atoms with van der Waals surface area (Å²) >= 11 is 9.67. The number of methoxy groups -OCH3 is 1. The summed E-state index contributed by atoms with van der Waals surface area (Å²) in [5.41, 5.74) is 8.37. The lowest BCUT2D eigenvalue weighted by molar-refractivity contribution is 0.415. The van der Waals surface area contributed by atoms with Crippen LogP contribution >= 0.6 is 27.5 Å². The molecule has 0 spiro atoms. The molecule has 0 aliphatic heterocycles. The molecule has 0 atom stereocenters. The highest BCUT2D eigenvalue weighted by molar-refractivity contribution is 9.10. The first kappa shape index (κ1) is 21.5. The predicted octanol–water partition coefficient (Wildman–Crippen LogP) is 6.06.